The number of benzene rings is 1. The smallest absolute Gasteiger partial charge is 0.231 e. The first-order valence-electron chi connectivity index (χ1n) is 4.76. The van der Waals surface area contributed by atoms with Gasteiger partial charge in [-0.25, -0.2) is 0 Å². The van der Waals surface area contributed by atoms with Gasteiger partial charge in [0.25, 0.3) is 0 Å². The van der Waals surface area contributed by atoms with Crippen molar-refractivity contribution >= 4 is 0 Å². The van der Waals surface area contributed by atoms with Crippen LogP contribution in [0.1, 0.15) is 5.82 Å². The summed E-state index contributed by atoms with van der Waals surface area (Å²) in [5, 5.41) is 11.8. The molecule has 7 nitrogen and oxygen atoms in total. The predicted octanol–water partition coefficient (Wildman–Crippen LogP) is -0.150. The first kappa shape index (κ1) is 9.10. The zero-order valence-corrected chi connectivity index (χ0v) is 8.33. The first-order chi connectivity index (χ1) is 7.86. The summed E-state index contributed by atoms with van der Waals surface area (Å²) in [6, 6.07) is 5.43. The van der Waals surface area contributed by atoms with Gasteiger partial charge in [-0.3, -0.25) is 0 Å². The second kappa shape index (κ2) is 3.46. The highest BCUT2D eigenvalue weighted by Crippen LogP contribution is 2.33. The molecule has 0 unspecified atom stereocenters. The van der Waals surface area contributed by atoms with Gasteiger partial charge in [-0.1, -0.05) is 0 Å². The lowest BCUT2D eigenvalue weighted by molar-refractivity contribution is 0.174. The lowest BCUT2D eigenvalue weighted by Crippen LogP contribution is -2.01. The summed E-state index contributed by atoms with van der Waals surface area (Å²) in [5.41, 5.74) is 6.17. The molecule has 16 heavy (non-hydrogen) atoms. The van der Waals surface area contributed by atoms with E-state index in [4.69, 9.17) is 15.2 Å². The minimum Gasteiger partial charge on any atom is -0.454 e. The van der Waals surface area contributed by atoms with Crippen LogP contribution in [0, 0.1) is 0 Å². The number of hydrogen-bond donors (Lipinski definition) is 1. The first-order valence-corrected chi connectivity index (χ1v) is 4.76. The molecule has 0 fully saturated rings. The average Bonchev–Trinajstić information content (AvgIpc) is 2.96. The molecule has 2 N–H and O–H groups in total. The summed E-state index contributed by atoms with van der Waals surface area (Å²) in [5.74, 6) is 1.91. The summed E-state index contributed by atoms with van der Waals surface area (Å²) in [7, 11) is 0. The Hall–Kier alpha value is -2.15. The van der Waals surface area contributed by atoms with Crippen LogP contribution in [0.3, 0.4) is 0 Å². The number of nitrogens with two attached hydrogens (primary N) is 1. The van der Waals surface area contributed by atoms with Crippen LogP contribution in [0.25, 0.3) is 5.69 Å². The quantitative estimate of drug-likeness (QED) is 0.755. The normalized spacial score (nSPS) is 13.1. The highest BCUT2D eigenvalue weighted by molar-refractivity contribution is 5.49. The second-order valence-electron chi connectivity index (χ2n) is 3.24. The van der Waals surface area contributed by atoms with Crippen LogP contribution in [0.4, 0.5) is 0 Å². The topological polar surface area (TPSA) is 88.1 Å². The Balaban J connectivity index is 2.00. The summed E-state index contributed by atoms with van der Waals surface area (Å²) in [4.78, 5) is 1.41. The fraction of sp³-hybridized carbons (Fsp3) is 0.222. The molecule has 1 aliphatic rings. The highest BCUT2D eigenvalue weighted by atomic mass is 16.7. The molecule has 1 aliphatic heterocycles. The minimum atomic E-state index is 0.248. The van der Waals surface area contributed by atoms with Gasteiger partial charge in [0.2, 0.25) is 6.79 Å². The molecule has 0 bridgehead atoms. The van der Waals surface area contributed by atoms with Crippen molar-refractivity contribution in [2.75, 3.05) is 6.79 Å². The van der Waals surface area contributed by atoms with E-state index >= 15 is 0 Å². The number of rotatable bonds is 2. The van der Waals surface area contributed by atoms with E-state index in [9.17, 15) is 0 Å². The van der Waals surface area contributed by atoms with E-state index in [1.807, 2.05) is 12.1 Å². The molecular weight excluding hydrogens is 210 g/mol. The van der Waals surface area contributed by atoms with E-state index in [0.29, 0.717) is 11.6 Å². The van der Waals surface area contributed by atoms with Gasteiger partial charge in [0.05, 0.1) is 12.2 Å². The molecule has 2 aromatic rings. The average molecular weight is 219 g/mol. The zero-order valence-electron chi connectivity index (χ0n) is 8.33. The molecule has 0 amide bonds. The van der Waals surface area contributed by atoms with Gasteiger partial charge in [0.15, 0.2) is 17.3 Å². The van der Waals surface area contributed by atoms with Crippen LogP contribution in [0.15, 0.2) is 18.2 Å². The maximum absolute atomic E-state index is 5.41. The summed E-state index contributed by atoms with van der Waals surface area (Å²) < 4.78 is 10.5. The molecule has 7 heteroatoms. The van der Waals surface area contributed by atoms with Gasteiger partial charge in [-0.2, -0.15) is 0 Å². The third kappa shape index (κ3) is 1.38. The Bertz CT molecular complexity index is 524. The molecule has 1 aromatic heterocycles. The van der Waals surface area contributed by atoms with E-state index in [-0.39, 0.29) is 13.3 Å². The molecule has 0 saturated heterocycles. The Morgan fingerprint density at radius 1 is 1.31 bits per heavy atom. The number of fused-ring (bicyclic) bond motifs is 1. The fourth-order valence-electron chi connectivity index (χ4n) is 1.44. The third-order valence-corrected chi connectivity index (χ3v) is 2.22. The summed E-state index contributed by atoms with van der Waals surface area (Å²) in [6.45, 7) is 0.516. The Kier molecular flexibility index (Phi) is 1.97. The van der Waals surface area contributed by atoms with Crippen LogP contribution in [-0.4, -0.2) is 27.0 Å². The van der Waals surface area contributed by atoms with Gasteiger partial charge >= 0.3 is 0 Å². The van der Waals surface area contributed by atoms with Crippen molar-refractivity contribution in [3.63, 3.8) is 0 Å². The summed E-state index contributed by atoms with van der Waals surface area (Å²) >= 11 is 0. The molecule has 0 aliphatic carbocycles. The molecule has 1 aromatic carbocycles. The van der Waals surface area contributed by atoms with E-state index in [1.165, 1.54) is 4.80 Å². The molecule has 0 saturated carbocycles. The van der Waals surface area contributed by atoms with Gasteiger partial charge in [-0.05, 0) is 17.3 Å². The molecule has 0 spiro atoms. The van der Waals surface area contributed by atoms with Crippen molar-refractivity contribution in [1.29, 1.82) is 0 Å². The van der Waals surface area contributed by atoms with Crippen molar-refractivity contribution in [2.45, 2.75) is 6.54 Å². The standard InChI is InChI=1S/C9H9N5O2/c10-4-9-11-13-14(12-9)6-1-2-7-8(3-6)16-5-15-7/h1-3H,4-5,10H2. The molecular formula is C9H9N5O2. The second-order valence-corrected chi connectivity index (χ2v) is 3.24. The van der Waals surface area contributed by atoms with Crippen LogP contribution in [0.2, 0.25) is 0 Å². The molecule has 0 radical (unpaired) electrons. The van der Waals surface area contributed by atoms with E-state index in [2.05, 4.69) is 15.4 Å². The fourth-order valence-corrected chi connectivity index (χ4v) is 1.44. The van der Waals surface area contributed by atoms with E-state index < -0.39 is 0 Å². The van der Waals surface area contributed by atoms with Crippen LogP contribution in [0.5, 0.6) is 11.5 Å². The Morgan fingerprint density at radius 3 is 3.00 bits per heavy atom. The third-order valence-electron chi connectivity index (χ3n) is 2.22. The van der Waals surface area contributed by atoms with Crippen LogP contribution < -0.4 is 15.2 Å². The van der Waals surface area contributed by atoms with Gasteiger partial charge in [0, 0.05) is 6.07 Å². The largest absolute Gasteiger partial charge is 0.454 e. The highest BCUT2D eigenvalue weighted by Gasteiger charge is 2.14. The molecule has 82 valence electrons. The van der Waals surface area contributed by atoms with Crippen molar-refractivity contribution in [3.8, 4) is 17.2 Å². The van der Waals surface area contributed by atoms with Crippen LogP contribution in [-0.2, 0) is 6.54 Å². The minimum absolute atomic E-state index is 0.248. The lowest BCUT2D eigenvalue weighted by atomic mass is 10.3. The van der Waals surface area contributed by atoms with Gasteiger partial charge in [0.1, 0.15) is 0 Å². The van der Waals surface area contributed by atoms with Crippen molar-refractivity contribution in [3.05, 3.63) is 24.0 Å². The van der Waals surface area contributed by atoms with E-state index in [0.717, 1.165) is 11.4 Å². The van der Waals surface area contributed by atoms with Crippen molar-refractivity contribution < 1.29 is 9.47 Å². The molecule has 2 heterocycles. The monoisotopic (exact) mass is 219 g/mol. The van der Waals surface area contributed by atoms with Crippen LogP contribution >= 0.6 is 0 Å². The van der Waals surface area contributed by atoms with Crippen molar-refractivity contribution in [2.24, 2.45) is 5.73 Å². The number of tetrazole rings is 1. The number of aromatic nitrogens is 4. The number of hydrogen-bond acceptors (Lipinski definition) is 6. The summed E-state index contributed by atoms with van der Waals surface area (Å²) in [6.07, 6.45) is 0. The predicted molar refractivity (Wildman–Crippen MR) is 53.2 cm³/mol. The van der Waals surface area contributed by atoms with Gasteiger partial charge in [-0.15, -0.1) is 15.0 Å². The Labute approximate surface area is 90.8 Å². The maximum atomic E-state index is 5.41. The Morgan fingerprint density at radius 2 is 2.19 bits per heavy atom. The van der Waals surface area contributed by atoms with Crippen molar-refractivity contribution in [1.82, 2.24) is 20.2 Å². The zero-order chi connectivity index (χ0) is 11.0. The molecule has 0 atom stereocenters. The van der Waals surface area contributed by atoms with E-state index in [1.54, 1.807) is 6.07 Å². The maximum Gasteiger partial charge on any atom is 0.231 e. The number of nitrogens with zero attached hydrogens (tertiary/aromatic N) is 4. The SMILES string of the molecule is NCc1nnn(-c2ccc3c(c2)OCO3)n1. The number of ether oxygens (including phenoxy) is 2. The molecule has 3 rings (SSSR count). The lowest BCUT2D eigenvalue weighted by Gasteiger charge is -1.99. The van der Waals surface area contributed by atoms with Gasteiger partial charge < -0.3 is 15.2 Å².